The molecule has 2 atom stereocenters. The molecule has 5 heteroatoms. The van der Waals surface area contributed by atoms with Crippen LogP contribution >= 0.6 is 0 Å². The van der Waals surface area contributed by atoms with Crippen molar-refractivity contribution >= 4 is 11.9 Å². The molecular weight excluding hydrogens is 165 g/mol. The van der Waals surface area contributed by atoms with E-state index in [9.17, 15) is 14.0 Å². The molecule has 1 rings (SSSR count). The van der Waals surface area contributed by atoms with Crippen molar-refractivity contribution in [3.05, 3.63) is 0 Å². The molecule has 0 unspecified atom stereocenters. The fourth-order valence-corrected chi connectivity index (χ4v) is 1.22. The predicted octanol–water partition coefficient (Wildman–Crippen LogP) is -0.272. The normalized spacial score (nSPS) is 29.2. The van der Waals surface area contributed by atoms with Gasteiger partial charge >= 0.3 is 5.97 Å². The van der Waals surface area contributed by atoms with Crippen LogP contribution in [-0.4, -0.2) is 43.1 Å². The molecule has 1 amide bonds. The van der Waals surface area contributed by atoms with Gasteiger partial charge in [-0.25, -0.2) is 9.18 Å². The van der Waals surface area contributed by atoms with Gasteiger partial charge in [0.1, 0.15) is 6.04 Å². The molecule has 1 heterocycles. The first-order valence-electron chi connectivity index (χ1n) is 3.56. The summed E-state index contributed by atoms with van der Waals surface area (Å²) >= 11 is 0. The van der Waals surface area contributed by atoms with Crippen LogP contribution in [0.3, 0.4) is 0 Å². The minimum Gasteiger partial charge on any atom is -0.467 e. The van der Waals surface area contributed by atoms with E-state index in [1.54, 1.807) is 0 Å². The molecule has 1 saturated heterocycles. The average molecular weight is 175 g/mol. The number of amides is 1. The fraction of sp³-hybridized carbons (Fsp3) is 0.714. The highest BCUT2D eigenvalue weighted by Gasteiger charge is 2.41. The summed E-state index contributed by atoms with van der Waals surface area (Å²) in [6.07, 6.45) is -1.65. The van der Waals surface area contributed by atoms with Crippen LogP contribution in [0.1, 0.15) is 6.42 Å². The van der Waals surface area contributed by atoms with E-state index in [0.29, 0.717) is 0 Å². The Kier molecular flexibility index (Phi) is 2.30. The van der Waals surface area contributed by atoms with Crippen LogP contribution in [-0.2, 0) is 14.3 Å². The number of hydrogen-bond acceptors (Lipinski definition) is 3. The molecule has 0 aliphatic carbocycles. The number of rotatable bonds is 1. The van der Waals surface area contributed by atoms with Gasteiger partial charge in [-0.1, -0.05) is 0 Å². The number of hydrogen-bond donors (Lipinski definition) is 0. The van der Waals surface area contributed by atoms with Gasteiger partial charge in [0.25, 0.3) is 5.91 Å². The number of ether oxygens (including phenoxy) is 1. The lowest BCUT2D eigenvalue weighted by molar-refractivity contribution is -0.148. The van der Waals surface area contributed by atoms with Crippen LogP contribution in [0.5, 0.6) is 0 Å². The van der Waals surface area contributed by atoms with Crippen molar-refractivity contribution in [2.45, 2.75) is 18.6 Å². The maximum atomic E-state index is 12.7. The summed E-state index contributed by atoms with van der Waals surface area (Å²) in [5, 5.41) is 0. The molecule has 0 N–H and O–H groups in total. The minimum atomic E-state index is -1.56. The van der Waals surface area contributed by atoms with E-state index in [2.05, 4.69) is 4.74 Å². The van der Waals surface area contributed by atoms with Gasteiger partial charge in [0, 0.05) is 13.5 Å². The summed E-state index contributed by atoms with van der Waals surface area (Å²) in [6.45, 7) is 0. The molecule has 0 saturated carbocycles. The Morgan fingerprint density at radius 3 is 2.67 bits per heavy atom. The Hall–Kier alpha value is -1.13. The van der Waals surface area contributed by atoms with Gasteiger partial charge in [-0.15, -0.1) is 0 Å². The van der Waals surface area contributed by atoms with E-state index < -0.39 is 24.1 Å². The summed E-state index contributed by atoms with van der Waals surface area (Å²) < 4.78 is 17.1. The maximum Gasteiger partial charge on any atom is 0.328 e. The zero-order chi connectivity index (χ0) is 9.30. The molecule has 4 nitrogen and oxygen atoms in total. The summed E-state index contributed by atoms with van der Waals surface area (Å²) in [5.41, 5.74) is 0. The van der Waals surface area contributed by atoms with Gasteiger partial charge < -0.3 is 9.64 Å². The van der Waals surface area contributed by atoms with Gasteiger partial charge in [0.05, 0.1) is 7.11 Å². The van der Waals surface area contributed by atoms with Crippen molar-refractivity contribution in [2.75, 3.05) is 14.2 Å². The third-order valence-electron chi connectivity index (χ3n) is 1.99. The standard InChI is InChI=1S/C7H10FNO3/c1-9-5(7(11)12-2)3-4(8)6(9)10/h4-5H,3H2,1-2H3/t4-,5-/m0/s1. The van der Waals surface area contributed by atoms with Gasteiger partial charge in [0.15, 0.2) is 6.17 Å². The summed E-state index contributed by atoms with van der Waals surface area (Å²) in [4.78, 5) is 22.9. The maximum absolute atomic E-state index is 12.7. The predicted molar refractivity (Wildman–Crippen MR) is 38.1 cm³/mol. The van der Waals surface area contributed by atoms with Gasteiger partial charge in [-0.05, 0) is 0 Å². The number of likely N-dealkylation sites (N-methyl/N-ethyl adjacent to an activating group) is 1. The Bertz CT molecular complexity index is 219. The van der Waals surface area contributed by atoms with E-state index in [4.69, 9.17) is 0 Å². The number of nitrogens with zero attached hydrogens (tertiary/aromatic N) is 1. The molecule has 68 valence electrons. The Balaban J connectivity index is 2.71. The van der Waals surface area contributed by atoms with E-state index in [0.717, 1.165) is 4.90 Å². The minimum absolute atomic E-state index is 0.0952. The highest BCUT2D eigenvalue weighted by Crippen LogP contribution is 2.20. The number of carbonyl (C=O) groups excluding carboxylic acids is 2. The van der Waals surface area contributed by atoms with Crippen molar-refractivity contribution in [3.8, 4) is 0 Å². The smallest absolute Gasteiger partial charge is 0.328 e. The molecule has 0 radical (unpaired) electrons. The van der Waals surface area contributed by atoms with Gasteiger partial charge in [-0.3, -0.25) is 4.79 Å². The second-order valence-electron chi connectivity index (χ2n) is 2.69. The van der Waals surface area contributed by atoms with E-state index in [1.165, 1.54) is 14.2 Å². The molecule has 1 aliphatic rings. The second-order valence-corrected chi connectivity index (χ2v) is 2.69. The Labute approximate surface area is 69.3 Å². The molecule has 0 spiro atoms. The molecule has 0 bridgehead atoms. The lowest BCUT2D eigenvalue weighted by atomic mass is 10.2. The monoisotopic (exact) mass is 175 g/mol. The number of halogens is 1. The van der Waals surface area contributed by atoms with Crippen LogP contribution < -0.4 is 0 Å². The topological polar surface area (TPSA) is 46.6 Å². The Morgan fingerprint density at radius 1 is 1.75 bits per heavy atom. The van der Waals surface area contributed by atoms with Crippen LogP contribution in [0.25, 0.3) is 0 Å². The highest BCUT2D eigenvalue weighted by molar-refractivity contribution is 5.90. The third kappa shape index (κ3) is 1.26. The second kappa shape index (κ2) is 3.08. The third-order valence-corrected chi connectivity index (χ3v) is 1.99. The number of carbonyl (C=O) groups is 2. The molecule has 0 aromatic rings. The fourth-order valence-electron chi connectivity index (χ4n) is 1.22. The van der Waals surface area contributed by atoms with Crippen molar-refractivity contribution < 1.29 is 18.7 Å². The summed E-state index contributed by atoms with van der Waals surface area (Å²) in [7, 11) is 2.61. The van der Waals surface area contributed by atoms with Crippen LogP contribution in [0, 0.1) is 0 Å². The van der Waals surface area contributed by atoms with E-state index in [1.807, 2.05) is 0 Å². The molecule has 0 aromatic heterocycles. The van der Waals surface area contributed by atoms with E-state index >= 15 is 0 Å². The first-order valence-corrected chi connectivity index (χ1v) is 3.56. The van der Waals surface area contributed by atoms with Gasteiger partial charge in [-0.2, -0.15) is 0 Å². The molecular formula is C7H10FNO3. The molecule has 1 fully saturated rings. The molecule has 1 aliphatic heterocycles. The number of methoxy groups -OCH3 is 1. The quantitative estimate of drug-likeness (QED) is 0.515. The highest BCUT2D eigenvalue weighted by atomic mass is 19.1. The number of alkyl halides is 1. The van der Waals surface area contributed by atoms with Crippen molar-refractivity contribution in [1.29, 1.82) is 0 Å². The van der Waals surface area contributed by atoms with Crippen molar-refractivity contribution in [2.24, 2.45) is 0 Å². The average Bonchev–Trinajstić information content (AvgIpc) is 2.32. The lowest BCUT2D eigenvalue weighted by Crippen LogP contribution is -2.36. The van der Waals surface area contributed by atoms with Crippen LogP contribution in [0.15, 0.2) is 0 Å². The van der Waals surface area contributed by atoms with Crippen molar-refractivity contribution in [3.63, 3.8) is 0 Å². The summed E-state index contributed by atoms with van der Waals surface area (Å²) in [6, 6.07) is -0.752. The zero-order valence-electron chi connectivity index (χ0n) is 6.91. The number of likely N-dealkylation sites (tertiary alicyclic amines) is 1. The largest absolute Gasteiger partial charge is 0.467 e. The number of esters is 1. The Morgan fingerprint density at radius 2 is 2.33 bits per heavy atom. The van der Waals surface area contributed by atoms with Crippen LogP contribution in [0.4, 0.5) is 4.39 Å². The first-order chi connectivity index (χ1) is 5.57. The van der Waals surface area contributed by atoms with Crippen molar-refractivity contribution in [1.82, 2.24) is 4.90 Å². The SMILES string of the molecule is COC(=O)[C@@H]1C[C@H](F)C(=O)N1C. The molecule has 12 heavy (non-hydrogen) atoms. The molecule has 0 aromatic carbocycles. The summed E-state index contributed by atoms with van der Waals surface area (Å²) in [5.74, 6) is -1.21. The zero-order valence-corrected chi connectivity index (χ0v) is 6.91. The first kappa shape index (κ1) is 8.96. The van der Waals surface area contributed by atoms with Crippen LogP contribution in [0.2, 0.25) is 0 Å². The van der Waals surface area contributed by atoms with Gasteiger partial charge in [0.2, 0.25) is 0 Å². The van der Waals surface area contributed by atoms with E-state index in [-0.39, 0.29) is 6.42 Å². The lowest BCUT2D eigenvalue weighted by Gasteiger charge is -2.15.